The number of carbonyl (C=O) groups excluding carboxylic acids is 1. The number of nitrogens with one attached hydrogen (secondary N) is 1. The fourth-order valence-corrected chi connectivity index (χ4v) is 2.94. The smallest absolute Gasteiger partial charge is 0.224 e. The molecule has 0 aromatic heterocycles. The second kappa shape index (κ2) is 10.1. The highest BCUT2D eigenvalue weighted by Gasteiger charge is 2.17. The molecule has 1 aliphatic carbocycles. The highest BCUT2D eigenvalue weighted by molar-refractivity contribution is 6.30. The van der Waals surface area contributed by atoms with Crippen molar-refractivity contribution in [3.8, 4) is 0 Å². The van der Waals surface area contributed by atoms with Gasteiger partial charge in [-0.25, -0.2) is 4.39 Å². The van der Waals surface area contributed by atoms with Gasteiger partial charge in [0.1, 0.15) is 5.82 Å². The maximum Gasteiger partial charge on any atom is 0.224 e. The number of amides is 1. The van der Waals surface area contributed by atoms with Crippen LogP contribution >= 0.6 is 11.6 Å². The molecule has 0 radical (unpaired) electrons. The van der Waals surface area contributed by atoms with E-state index in [4.69, 9.17) is 11.6 Å². The quantitative estimate of drug-likeness (QED) is 0.716. The van der Waals surface area contributed by atoms with Gasteiger partial charge in [0.2, 0.25) is 5.91 Å². The molecule has 0 spiro atoms. The van der Waals surface area contributed by atoms with Gasteiger partial charge < -0.3 is 5.32 Å². The van der Waals surface area contributed by atoms with E-state index >= 15 is 0 Å². The van der Waals surface area contributed by atoms with E-state index in [1.807, 2.05) is 36.4 Å². The molecule has 0 heterocycles. The van der Waals surface area contributed by atoms with Gasteiger partial charge in [-0.2, -0.15) is 0 Å². The summed E-state index contributed by atoms with van der Waals surface area (Å²) in [6, 6.07) is 16.3. The van der Waals surface area contributed by atoms with E-state index in [9.17, 15) is 9.18 Å². The summed E-state index contributed by atoms with van der Waals surface area (Å²) in [5.74, 6) is -0.0633. The van der Waals surface area contributed by atoms with Crippen molar-refractivity contribution in [2.24, 2.45) is 5.92 Å². The third kappa shape index (κ3) is 6.71. The van der Waals surface area contributed by atoms with Crippen molar-refractivity contribution in [3.63, 3.8) is 0 Å². The number of hydrogen-bond acceptors (Lipinski definition) is 1. The van der Waals surface area contributed by atoms with Gasteiger partial charge in [-0.15, -0.1) is 0 Å². The van der Waals surface area contributed by atoms with Crippen molar-refractivity contribution in [3.05, 3.63) is 65.4 Å². The zero-order valence-corrected chi connectivity index (χ0v) is 14.4. The van der Waals surface area contributed by atoms with Gasteiger partial charge in [0.25, 0.3) is 0 Å². The first-order chi connectivity index (χ1) is 11.6. The van der Waals surface area contributed by atoms with Gasteiger partial charge in [0.05, 0.1) is 5.02 Å². The molecule has 0 bridgehead atoms. The van der Waals surface area contributed by atoms with E-state index in [0.29, 0.717) is 18.0 Å². The monoisotopic (exact) mass is 347 g/mol. The molecule has 1 fully saturated rings. The van der Waals surface area contributed by atoms with Crippen molar-refractivity contribution < 1.29 is 9.18 Å². The lowest BCUT2D eigenvalue weighted by Gasteiger charge is -2.20. The molecule has 0 aliphatic heterocycles. The van der Waals surface area contributed by atoms with Crippen molar-refractivity contribution in [2.45, 2.75) is 38.5 Å². The molecule has 0 atom stereocenters. The normalized spacial score (nSPS) is 14.4. The molecule has 1 N–H and O–H groups in total. The summed E-state index contributed by atoms with van der Waals surface area (Å²) >= 11 is 5.59. The van der Waals surface area contributed by atoms with E-state index in [-0.39, 0.29) is 10.9 Å². The van der Waals surface area contributed by atoms with Crippen LogP contribution in [0.4, 0.5) is 10.1 Å². The summed E-state index contributed by atoms with van der Waals surface area (Å²) in [5, 5.41) is 2.79. The Bertz CT molecular complexity index is 600. The van der Waals surface area contributed by atoms with Crippen LogP contribution in [0.3, 0.4) is 0 Å². The van der Waals surface area contributed by atoms with Crippen LogP contribution in [-0.4, -0.2) is 5.91 Å². The van der Waals surface area contributed by atoms with Crippen LogP contribution in [0, 0.1) is 11.7 Å². The van der Waals surface area contributed by atoms with Gasteiger partial charge in [0.15, 0.2) is 0 Å². The van der Waals surface area contributed by atoms with E-state index in [1.54, 1.807) is 6.07 Å². The topological polar surface area (TPSA) is 29.1 Å². The van der Waals surface area contributed by atoms with E-state index in [1.165, 1.54) is 31.4 Å². The Morgan fingerprint density at radius 3 is 2.17 bits per heavy atom. The fraction of sp³-hybridized carbons (Fsp3) is 0.350. The molecule has 1 amide bonds. The first-order valence-corrected chi connectivity index (χ1v) is 8.78. The van der Waals surface area contributed by atoms with Crippen molar-refractivity contribution in [1.29, 1.82) is 0 Å². The van der Waals surface area contributed by atoms with Crippen LogP contribution in [0.1, 0.15) is 38.5 Å². The molecular formula is C20H23ClFNO. The molecule has 4 heteroatoms. The molecule has 2 aromatic rings. The maximum absolute atomic E-state index is 13.2. The number of halogens is 2. The standard InChI is InChI=1S/C14H17ClFNO.C6H6/c15-12-7-6-11(9-13(12)16)17-14(18)8-10-4-2-1-3-5-10;1-2-4-6-5-3-1/h6-7,9-10H,1-5,8H2,(H,17,18);1-6H. The molecule has 0 unspecified atom stereocenters. The molecule has 2 nitrogen and oxygen atoms in total. The van der Waals surface area contributed by atoms with Crippen molar-refractivity contribution in [2.75, 3.05) is 5.32 Å². The second-order valence-electron chi connectivity index (χ2n) is 6.04. The lowest BCUT2D eigenvalue weighted by Crippen LogP contribution is -2.18. The summed E-state index contributed by atoms with van der Waals surface area (Å²) in [6.07, 6.45) is 6.50. The summed E-state index contributed by atoms with van der Waals surface area (Å²) in [6.45, 7) is 0. The van der Waals surface area contributed by atoms with Crippen LogP contribution in [0.15, 0.2) is 54.6 Å². The van der Waals surface area contributed by atoms with Gasteiger partial charge in [-0.05, 0) is 37.0 Å². The summed E-state index contributed by atoms with van der Waals surface area (Å²) in [4.78, 5) is 11.8. The molecule has 1 aliphatic rings. The maximum atomic E-state index is 13.2. The zero-order valence-electron chi connectivity index (χ0n) is 13.7. The number of anilines is 1. The van der Waals surface area contributed by atoms with Crippen LogP contribution < -0.4 is 5.32 Å². The summed E-state index contributed by atoms with van der Waals surface area (Å²) in [5.41, 5.74) is 0.470. The second-order valence-corrected chi connectivity index (χ2v) is 6.45. The van der Waals surface area contributed by atoms with Gasteiger partial charge in [0, 0.05) is 12.1 Å². The molecule has 128 valence electrons. The summed E-state index contributed by atoms with van der Waals surface area (Å²) in [7, 11) is 0. The Labute approximate surface area is 148 Å². The molecule has 0 saturated heterocycles. The lowest BCUT2D eigenvalue weighted by atomic mass is 9.87. The minimum absolute atomic E-state index is 0.0383. The SMILES string of the molecule is O=C(CC1CCCCC1)Nc1ccc(Cl)c(F)c1.c1ccccc1. The average Bonchev–Trinajstić information content (AvgIpc) is 2.61. The van der Waals surface area contributed by atoms with Gasteiger partial charge in [-0.3, -0.25) is 4.79 Å². The first kappa shape index (κ1) is 18.5. The van der Waals surface area contributed by atoms with Crippen LogP contribution in [-0.2, 0) is 4.79 Å². The van der Waals surface area contributed by atoms with Crippen molar-refractivity contribution >= 4 is 23.2 Å². The number of carbonyl (C=O) groups is 1. The number of hydrogen-bond donors (Lipinski definition) is 1. The lowest BCUT2D eigenvalue weighted by molar-refractivity contribution is -0.117. The highest BCUT2D eigenvalue weighted by atomic mass is 35.5. The Balaban J connectivity index is 0.000000292. The van der Waals surface area contributed by atoms with E-state index < -0.39 is 5.82 Å². The van der Waals surface area contributed by atoms with Crippen LogP contribution in [0.5, 0.6) is 0 Å². The molecule has 3 rings (SSSR count). The van der Waals surface area contributed by atoms with Crippen LogP contribution in [0.2, 0.25) is 5.02 Å². The number of benzene rings is 2. The predicted molar refractivity (Wildman–Crippen MR) is 97.7 cm³/mol. The first-order valence-electron chi connectivity index (χ1n) is 8.40. The molecule has 1 saturated carbocycles. The molecular weight excluding hydrogens is 325 g/mol. The Morgan fingerprint density at radius 2 is 1.62 bits per heavy atom. The Hall–Kier alpha value is -1.87. The van der Waals surface area contributed by atoms with E-state index in [2.05, 4.69) is 5.32 Å². The molecule has 2 aromatic carbocycles. The predicted octanol–water partition coefficient (Wildman–Crippen LogP) is 6.07. The number of rotatable bonds is 3. The average molecular weight is 348 g/mol. The van der Waals surface area contributed by atoms with Crippen LogP contribution in [0.25, 0.3) is 0 Å². The van der Waals surface area contributed by atoms with Gasteiger partial charge >= 0.3 is 0 Å². The Morgan fingerprint density at radius 1 is 1.04 bits per heavy atom. The fourth-order valence-electron chi connectivity index (χ4n) is 2.82. The molecule has 24 heavy (non-hydrogen) atoms. The summed E-state index contributed by atoms with van der Waals surface area (Å²) < 4.78 is 13.2. The largest absolute Gasteiger partial charge is 0.326 e. The minimum atomic E-state index is -0.507. The third-order valence-corrected chi connectivity index (χ3v) is 4.38. The van der Waals surface area contributed by atoms with Gasteiger partial charge in [-0.1, -0.05) is 67.3 Å². The minimum Gasteiger partial charge on any atom is -0.326 e. The van der Waals surface area contributed by atoms with E-state index in [0.717, 1.165) is 12.8 Å². The Kier molecular flexibility index (Phi) is 7.76. The highest BCUT2D eigenvalue weighted by Crippen LogP contribution is 2.27. The third-order valence-electron chi connectivity index (χ3n) is 4.07. The zero-order chi connectivity index (χ0) is 17.2. The van der Waals surface area contributed by atoms with Crippen molar-refractivity contribution in [1.82, 2.24) is 0 Å².